The average molecular weight is 464 g/mol. The van der Waals surface area contributed by atoms with Gasteiger partial charge in [-0.25, -0.2) is 10.2 Å². The van der Waals surface area contributed by atoms with Crippen molar-refractivity contribution in [1.29, 1.82) is 0 Å². The van der Waals surface area contributed by atoms with Crippen molar-refractivity contribution in [1.82, 2.24) is 10.4 Å². The number of hydrogen-bond donors (Lipinski definition) is 1. The quantitative estimate of drug-likeness (QED) is 0.182. The van der Waals surface area contributed by atoms with Crippen molar-refractivity contribution in [2.45, 2.75) is 0 Å². The van der Waals surface area contributed by atoms with E-state index in [1.807, 2.05) is 30.3 Å². The van der Waals surface area contributed by atoms with Crippen LogP contribution < -0.4 is 10.2 Å². The molecule has 0 aliphatic carbocycles. The van der Waals surface area contributed by atoms with Gasteiger partial charge in [0.05, 0.1) is 22.4 Å². The maximum absolute atomic E-state index is 12.7. The van der Waals surface area contributed by atoms with Gasteiger partial charge in [-0.05, 0) is 47.2 Å². The Morgan fingerprint density at radius 1 is 1.00 bits per heavy atom. The van der Waals surface area contributed by atoms with Gasteiger partial charge in [-0.3, -0.25) is 9.78 Å². The van der Waals surface area contributed by atoms with Crippen LogP contribution in [0, 0.1) is 0 Å². The van der Waals surface area contributed by atoms with E-state index in [0.717, 1.165) is 10.8 Å². The molecule has 0 bridgehead atoms. The molecule has 158 valence electrons. The van der Waals surface area contributed by atoms with Crippen molar-refractivity contribution < 1.29 is 14.3 Å². The zero-order valence-electron chi connectivity index (χ0n) is 16.5. The summed E-state index contributed by atoms with van der Waals surface area (Å²) in [4.78, 5) is 28.9. The number of fused-ring (bicyclic) bond motifs is 1. The van der Waals surface area contributed by atoms with Gasteiger partial charge < -0.3 is 4.74 Å². The molecule has 0 radical (unpaired) electrons. The number of nitrogens with zero attached hydrogens (tertiary/aromatic N) is 2. The van der Waals surface area contributed by atoms with Crippen LogP contribution in [-0.2, 0) is 0 Å². The normalized spacial score (nSPS) is 10.9. The molecule has 0 atom stereocenters. The third kappa shape index (κ3) is 4.77. The van der Waals surface area contributed by atoms with E-state index in [2.05, 4.69) is 15.5 Å². The lowest BCUT2D eigenvalue weighted by Gasteiger charge is -2.11. The van der Waals surface area contributed by atoms with Gasteiger partial charge in [0.1, 0.15) is 5.75 Å². The molecule has 1 aromatic heterocycles. The number of hydrazone groups is 1. The Morgan fingerprint density at radius 3 is 2.62 bits per heavy atom. The van der Waals surface area contributed by atoms with Crippen LogP contribution in [0.15, 0.2) is 84.2 Å². The molecule has 0 saturated heterocycles. The molecule has 1 N–H and O–H groups in total. The van der Waals surface area contributed by atoms with Crippen molar-refractivity contribution in [3.8, 4) is 5.75 Å². The summed E-state index contributed by atoms with van der Waals surface area (Å²) < 4.78 is 5.62. The van der Waals surface area contributed by atoms with Gasteiger partial charge in [-0.1, -0.05) is 53.5 Å². The second-order valence-corrected chi connectivity index (χ2v) is 7.50. The Morgan fingerprint density at radius 2 is 1.84 bits per heavy atom. The standard InChI is InChI=1S/C24H15Cl2N3O3/c25-17-8-9-19(21(26)12-17)24(31)32-22-10-7-15-4-1-2-6-18(15)20(22)14-28-29-23(30)16-5-3-11-27-13-16/h1-14H,(H,29,30)/b28-14+. The van der Waals surface area contributed by atoms with Crippen LogP contribution in [-0.4, -0.2) is 23.1 Å². The van der Waals surface area contributed by atoms with Crippen LogP contribution in [0.1, 0.15) is 26.3 Å². The van der Waals surface area contributed by atoms with Crippen LogP contribution in [0.4, 0.5) is 0 Å². The number of hydrogen-bond acceptors (Lipinski definition) is 5. The molecular formula is C24H15Cl2N3O3. The van der Waals surface area contributed by atoms with E-state index in [9.17, 15) is 9.59 Å². The molecule has 0 aliphatic heterocycles. The number of nitrogens with one attached hydrogen (secondary N) is 1. The van der Waals surface area contributed by atoms with Gasteiger partial charge in [-0.2, -0.15) is 5.10 Å². The molecule has 0 spiro atoms. The fraction of sp³-hybridized carbons (Fsp3) is 0. The maximum Gasteiger partial charge on any atom is 0.345 e. The smallest absolute Gasteiger partial charge is 0.345 e. The van der Waals surface area contributed by atoms with E-state index in [1.54, 1.807) is 30.5 Å². The zero-order valence-corrected chi connectivity index (χ0v) is 18.0. The van der Waals surface area contributed by atoms with E-state index < -0.39 is 11.9 Å². The Labute approximate surface area is 193 Å². The minimum absolute atomic E-state index is 0.178. The number of aromatic nitrogens is 1. The highest BCUT2D eigenvalue weighted by Gasteiger charge is 2.16. The molecule has 32 heavy (non-hydrogen) atoms. The summed E-state index contributed by atoms with van der Waals surface area (Å²) >= 11 is 12.0. The zero-order chi connectivity index (χ0) is 22.5. The molecule has 0 saturated carbocycles. The lowest BCUT2D eigenvalue weighted by Crippen LogP contribution is -2.18. The van der Waals surface area contributed by atoms with E-state index in [4.69, 9.17) is 27.9 Å². The molecule has 0 fully saturated rings. The molecule has 6 nitrogen and oxygen atoms in total. The van der Waals surface area contributed by atoms with Crippen molar-refractivity contribution in [3.63, 3.8) is 0 Å². The highest BCUT2D eigenvalue weighted by atomic mass is 35.5. The van der Waals surface area contributed by atoms with E-state index in [1.165, 1.54) is 24.5 Å². The summed E-state index contributed by atoms with van der Waals surface area (Å²) in [7, 11) is 0. The monoisotopic (exact) mass is 463 g/mol. The number of carbonyl (C=O) groups is 2. The maximum atomic E-state index is 12.7. The Balaban J connectivity index is 1.65. The van der Waals surface area contributed by atoms with Gasteiger partial charge >= 0.3 is 5.97 Å². The van der Waals surface area contributed by atoms with Gasteiger partial charge in [0, 0.05) is 23.0 Å². The van der Waals surface area contributed by atoms with Crippen molar-refractivity contribution in [2.75, 3.05) is 0 Å². The van der Waals surface area contributed by atoms with Crippen molar-refractivity contribution >= 4 is 52.1 Å². The van der Waals surface area contributed by atoms with E-state index in [-0.39, 0.29) is 16.3 Å². The Kier molecular flexibility index (Phi) is 6.44. The topological polar surface area (TPSA) is 80.6 Å². The predicted octanol–water partition coefficient (Wildman–Crippen LogP) is 5.52. The SMILES string of the molecule is O=C(N/N=C/c1c(OC(=O)c2ccc(Cl)cc2Cl)ccc2ccccc12)c1cccnc1. The summed E-state index contributed by atoms with van der Waals surface area (Å²) in [5.74, 6) is -0.795. The number of ether oxygens (including phenoxy) is 1. The van der Waals surface area contributed by atoms with Crippen LogP contribution in [0.25, 0.3) is 10.8 Å². The minimum Gasteiger partial charge on any atom is -0.422 e. The number of pyridine rings is 1. The molecule has 0 unspecified atom stereocenters. The first-order valence-corrected chi connectivity index (χ1v) is 10.2. The second-order valence-electron chi connectivity index (χ2n) is 6.65. The fourth-order valence-corrected chi connectivity index (χ4v) is 3.51. The van der Waals surface area contributed by atoms with Gasteiger partial charge in [0.2, 0.25) is 0 Å². The van der Waals surface area contributed by atoms with Crippen LogP contribution in [0.5, 0.6) is 5.75 Å². The molecule has 4 aromatic rings. The van der Waals surface area contributed by atoms with Gasteiger partial charge in [-0.15, -0.1) is 0 Å². The largest absolute Gasteiger partial charge is 0.422 e. The first kappa shape index (κ1) is 21.5. The molecular weight excluding hydrogens is 449 g/mol. The predicted molar refractivity (Wildman–Crippen MR) is 125 cm³/mol. The third-order valence-corrected chi connectivity index (χ3v) is 5.12. The summed E-state index contributed by atoms with van der Waals surface area (Å²) in [5, 5.41) is 6.35. The number of esters is 1. The molecule has 3 aromatic carbocycles. The number of halogens is 2. The second kappa shape index (κ2) is 9.60. The molecule has 1 amide bonds. The summed E-state index contributed by atoms with van der Waals surface area (Å²) in [6, 6.07) is 18.8. The first-order valence-electron chi connectivity index (χ1n) is 9.45. The van der Waals surface area contributed by atoms with Crippen molar-refractivity contribution in [3.05, 3.63) is 106 Å². The fourth-order valence-electron chi connectivity index (χ4n) is 3.02. The summed E-state index contributed by atoms with van der Waals surface area (Å²) in [6.45, 7) is 0. The lowest BCUT2D eigenvalue weighted by molar-refractivity contribution is 0.0734. The minimum atomic E-state index is -0.643. The first-order chi connectivity index (χ1) is 15.5. The number of amides is 1. The summed E-state index contributed by atoms with van der Waals surface area (Å²) in [5.41, 5.74) is 3.52. The molecule has 8 heteroatoms. The third-order valence-electron chi connectivity index (χ3n) is 4.57. The van der Waals surface area contributed by atoms with Crippen molar-refractivity contribution in [2.24, 2.45) is 5.10 Å². The summed E-state index contributed by atoms with van der Waals surface area (Å²) in [6.07, 6.45) is 4.44. The van der Waals surface area contributed by atoms with E-state index >= 15 is 0 Å². The number of carbonyl (C=O) groups excluding carboxylic acids is 2. The van der Waals surface area contributed by atoms with Crippen LogP contribution in [0.3, 0.4) is 0 Å². The number of benzene rings is 3. The highest BCUT2D eigenvalue weighted by Crippen LogP contribution is 2.29. The van der Waals surface area contributed by atoms with Gasteiger partial charge in [0.25, 0.3) is 5.91 Å². The van der Waals surface area contributed by atoms with Gasteiger partial charge in [0.15, 0.2) is 0 Å². The molecule has 0 aliphatic rings. The number of rotatable bonds is 5. The van der Waals surface area contributed by atoms with E-state index in [0.29, 0.717) is 16.1 Å². The Hall–Kier alpha value is -3.74. The highest BCUT2D eigenvalue weighted by molar-refractivity contribution is 6.36. The average Bonchev–Trinajstić information content (AvgIpc) is 2.80. The van der Waals surface area contributed by atoms with Crippen LogP contribution in [0.2, 0.25) is 10.0 Å². The molecule has 4 rings (SSSR count). The lowest BCUT2D eigenvalue weighted by atomic mass is 10.0. The molecule has 1 heterocycles. The Bertz CT molecular complexity index is 1340. The van der Waals surface area contributed by atoms with Crippen LogP contribution >= 0.6 is 23.2 Å².